The van der Waals surface area contributed by atoms with E-state index in [9.17, 15) is 4.79 Å². The Labute approximate surface area is 110 Å². The highest BCUT2D eigenvalue weighted by molar-refractivity contribution is 5.94. The molecule has 1 aromatic rings. The van der Waals surface area contributed by atoms with Crippen molar-refractivity contribution in [1.29, 1.82) is 0 Å². The molecule has 0 aromatic heterocycles. The van der Waals surface area contributed by atoms with Crippen LogP contribution < -0.4 is 10.6 Å². The van der Waals surface area contributed by atoms with Gasteiger partial charge in [0.15, 0.2) is 0 Å². The van der Waals surface area contributed by atoms with Crippen LogP contribution in [0.25, 0.3) is 0 Å². The van der Waals surface area contributed by atoms with Crippen molar-refractivity contribution < 1.29 is 4.79 Å². The van der Waals surface area contributed by atoms with E-state index in [1.807, 2.05) is 38.2 Å². The largest absolute Gasteiger partial charge is 0.330 e. The number of hydrogen-bond acceptors (Lipinski definition) is 2. The van der Waals surface area contributed by atoms with Gasteiger partial charge in [0.1, 0.15) is 0 Å². The van der Waals surface area contributed by atoms with Crippen LogP contribution in [0.5, 0.6) is 0 Å². The zero-order valence-corrected chi connectivity index (χ0v) is 11.8. The lowest BCUT2D eigenvalue weighted by atomic mass is 9.96. The van der Waals surface area contributed by atoms with E-state index in [-0.39, 0.29) is 11.8 Å². The van der Waals surface area contributed by atoms with Crippen molar-refractivity contribution >= 4 is 11.6 Å². The van der Waals surface area contributed by atoms with Gasteiger partial charge in [-0.15, -0.1) is 0 Å². The van der Waals surface area contributed by atoms with Gasteiger partial charge < -0.3 is 10.6 Å². The summed E-state index contributed by atoms with van der Waals surface area (Å²) < 4.78 is 0. The van der Waals surface area contributed by atoms with Crippen molar-refractivity contribution in [2.75, 3.05) is 18.5 Å². The van der Waals surface area contributed by atoms with E-state index < -0.39 is 0 Å². The zero-order valence-electron chi connectivity index (χ0n) is 11.8. The summed E-state index contributed by atoms with van der Waals surface area (Å²) in [7, 11) is 1.82. The van der Waals surface area contributed by atoms with E-state index >= 15 is 0 Å². The molecule has 1 rings (SSSR count). The Kier molecular flexibility index (Phi) is 5.35. The van der Waals surface area contributed by atoms with E-state index in [1.54, 1.807) is 4.90 Å². The number of rotatable bonds is 5. The number of nitrogens with two attached hydrogens (primary N) is 1. The fourth-order valence-corrected chi connectivity index (χ4v) is 2.10. The van der Waals surface area contributed by atoms with Crippen LogP contribution in [0.15, 0.2) is 24.3 Å². The summed E-state index contributed by atoms with van der Waals surface area (Å²) in [5.74, 6) is 0.501. The molecule has 18 heavy (non-hydrogen) atoms. The number of aryl methyl sites for hydroxylation is 1. The topological polar surface area (TPSA) is 46.3 Å². The van der Waals surface area contributed by atoms with Crippen LogP contribution in [-0.4, -0.2) is 19.5 Å². The normalized spacial score (nSPS) is 12.6. The third-order valence-corrected chi connectivity index (χ3v) is 3.11. The van der Waals surface area contributed by atoms with E-state index in [1.165, 1.54) is 0 Å². The molecule has 0 fully saturated rings. The summed E-state index contributed by atoms with van der Waals surface area (Å²) in [6, 6.07) is 7.96. The lowest BCUT2D eigenvalue weighted by molar-refractivity contribution is -0.122. The average Bonchev–Trinajstić information content (AvgIpc) is 2.34. The van der Waals surface area contributed by atoms with E-state index in [4.69, 9.17) is 5.73 Å². The number of hydrogen-bond donors (Lipinski definition) is 1. The first kappa shape index (κ1) is 14.7. The molecule has 0 spiro atoms. The van der Waals surface area contributed by atoms with Crippen molar-refractivity contribution in [2.24, 2.45) is 17.6 Å². The summed E-state index contributed by atoms with van der Waals surface area (Å²) in [6.07, 6.45) is 0.839. The molecule has 1 amide bonds. The molecule has 0 saturated carbocycles. The Morgan fingerprint density at radius 2 is 2.06 bits per heavy atom. The Bertz CT molecular complexity index is 401. The quantitative estimate of drug-likeness (QED) is 0.870. The van der Waals surface area contributed by atoms with Gasteiger partial charge in [0.2, 0.25) is 5.91 Å². The van der Waals surface area contributed by atoms with Crippen molar-refractivity contribution in [2.45, 2.75) is 27.2 Å². The maximum absolute atomic E-state index is 12.4. The Morgan fingerprint density at radius 1 is 1.39 bits per heavy atom. The van der Waals surface area contributed by atoms with Gasteiger partial charge in [-0.25, -0.2) is 0 Å². The summed E-state index contributed by atoms with van der Waals surface area (Å²) >= 11 is 0. The molecule has 0 saturated heterocycles. The monoisotopic (exact) mass is 248 g/mol. The molecule has 1 aromatic carbocycles. The number of amides is 1. The molecule has 1 unspecified atom stereocenters. The first-order valence-electron chi connectivity index (χ1n) is 6.50. The van der Waals surface area contributed by atoms with Crippen molar-refractivity contribution in [1.82, 2.24) is 0 Å². The summed E-state index contributed by atoms with van der Waals surface area (Å²) in [5.41, 5.74) is 7.81. The first-order valence-corrected chi connectivity index (χ1v) is 6.50. The van der Waals surface area contributed by atoms with Crippen molar-refractivity contribution in [3.8, 4) is 0 Å². The molecule has 0 radical (unpaired) electrons. The summed E-state index contributed by atoms with van der Waals surface area (Å²) in [5, 5.41) is 0. The minimum atomic E-state index is -0.0875. The second-order valence-corrected chi connectivity index (χ2v) is 5.30. The standard InChI is InChI=1S/C15H24N2O/c1-11(2)8-13(10-16)15(18)17(4)14-7-5-6-12(3)9-14/h5-7,9,11,13H,8,10,16H2,1-4H3. The Hall–Kier alpha value is -1.35. The van der Waals surface area contributed by atoms with E-state index in [0.717, 1.165) is 17.7 Å². The maximum Gasteiger partial charge on any atom is 0.231 e. The van der Waals surface area contributed by atoms with E-state index in [2.05, 4.69) is 13.8 Å². The van der Waals surface area contributed by atoms with Crippen LogP contribution in [0.3, 0.4) is 0 Å². The van der Waals surface area contributed by atoms with Crippen molar-refractivity contribution in [3.05, 3.63) is 29.8 Å². The van der Waals surface area contributed by atoms with Gasteiger partial charge in [0.05, 0.1) is 5.92 Å². The highest BCUT2D eigenvalue weighted by Crippen LogP contribution is 2.19. The Morgan fingerprint density at radius 3 is 2.56 bits per heavy atom. The molecule has 0 aliphatic rings. The number of carbonyl (C=O) groups is 1. The predicted molar refractivity (Wildman–Crippen MR) is 76.6 cm³/mol. The third-order valence-electron chi connectivity index (χ3n) is 3.11. The number of benzene rings is 1. The van der Waals surface area contributed by atoms with Gasteiger partial charge in [-0.3, -0.25) is 4.79 Å². The second-order valence-electron chi connectivity index (χ2n) is 5.30. The predicted octanol–water partition coefficient (Wildman–Crippen LogP) is 2.58. The van der Waals surface area contributed by atoms with Gasteiger partial charge >= 0.3 is 0 Å². The molecular weight excluding hydrogens is 224 g/mol. The maximum atomic E-state index is 12.4. The fraction of sp³-hybridized carbons (Fsp3) is 0.533. The first-order chi connectivity index (χ1) is 8.45. The average molecular weight is 248 g/mol. The van der Waals surface area contributed by atoms with Crippen molar-refractivity contribution in [3.63, 3.8) is 0 Å². The smallest absolute Gasteiger partial charge is 0.231 e. The van der Waals surface area contributed by atoms with Crippen LogP contribution in [0.4, 0.5) is 5.69 Å². The lowest BCUT2D eigenvalue weighted by Crippen LogP contribution is -2.37. The second kappa shape index (κ2) is 6.55. The zero-order chi connectivity index (χ0) is 13.7. The van der Waals surface area contributed by atoms with Crippen LogP contribution in [0, 0.1) is 18.8 Å². The molecule has 0 heterocycles. The fourth-order valence-electron chi connectivity index (χ4n) is 2.10. The van der Waals surface area contributed by atoms with Crippen LogP contribution >= 0.6 is 0 Å². The number of anilines is 1. The number of nitrogens with zero attached hydrogens (tertiary/aromatic N) is 1. The molecule has 2 N–H and O–H groups in total. The Balaban J connectivity index is 2.82. The van der Waals surface area contributed by atoms with Crippen LogP contribution in [-0.2, 0) is 4.79 Å². The third kappa shape index (κ3) is 3.84. The minimum Gasteiger partial charge on any atom is -0.330 e. The van der Waals surface area contributed by atoms with Gasteiger partial charge in [-0.05, 0) is 37.0 Å². The lowest BCUT2D eigenvalue weighted by Gasteiger charge is -2.24. The molecule has 0 aliphatic carbocycles. The molecule has 0 bridgehead atoms. The van der Waals surface area contributed by atoms with Gasteiger partial charge in [0.25, 0.3) is 0 Å². The van der Waals surface area contributed by atoms with Gasteiger partial charge in [-0.1, -0.05) is 26.0 Å². The van der Waals surface area contributed by atoms with Gasteiger partial charge in [-0.2, -0.15) is 0 Å². The van der Waals surface area contributed by atoms with Gasteiger partial charge in [0, 0.05) is 19.3 Å². The molecular formula is C15H24N2O. The van der Waals surface area contributed by atoms with Crippen LogP contribution in [0.1, 0.15) is 25.8 Å². The summed E-state index contributed by atoms with van der Waals surface area (Å²) in [6.45, 7) is 6.66. The minimum absolute atomic E-state index is 0.0875. The van der Waals surface area contributed by atoms with E-state index in [0.29, 0.717) is 12.5 Å². The van der Waals surface area contributed by atoms with Crippen LogP contribution in [0.2, 0.25) is 0 Å². The molecule has 0 aliphatic heterocycles. The molecule has 100 valence electrons. The summed E-state index contributed by atoms with van der Waals surface area (Å²) in [4.78, 5) is 14.1. The molecule has 1 atom stereocenters. The number of carbonyl (C=O) groups excluding carboxylic acids is 1. The molecule has 3 nitrogen and oxygen atoms in total. The SMILES string of the molecule is Cc1cccc(N(C)C(=O)C(CN)CC(C)C)c1. The molecule has 3 heteroatoms. The highest BCUT2D eigenvalue weighted by Gasteiger charge is 2.22. The highest BCUT2D eigenvalue weighted by atomic mass is 16.2.